The first-order valence-corrected chi connectivity index (χ1v) is 6.52. The van der Waals surface area contributed by atoms with Gasteiger partial charge in [-0.25, -0.2) is 0 Å². The van der Waals surface area contributed by atoms with Crippen LogP contribution in [0.1, 0.15) is 52.9 Å². The monoisotopic (exact) mass is 487 g/mol. The summed E-state index contributed by atoms with van der Waals surface area (Å²) in [4.78, 5) is 10.1. The molecule has 0 aromatic heterocycles. The molecule has 19 heavy (non-hydrogen) atoms. The Balaban J connectivity index is -0.000000252. The minimum absolute atomic E-state index is 0. The number of carbonyl (C=O) groups is 1. The molecule has 101 valence electrons. The molecule has 1 fully saturated rings. The fourth-order valence-corrected chi connectivity index (χ4v) is 2.18. The van der Waals surface area contributed by atoms with Crippen LogP contribution in [0.25, 0.3) is 0 Å². The quantitative estimate of drug-likeness (QED) is 0.512. The van der Waals surface area contributed by atoms with Crippen molar-refractivity contribution >= 4 is 5.78 Å². The van der Waals surface area contributed by atoms with Crippen LogP contribution in [0.5, 0.6) is 0 Å². The largest absolute Gasteiger partial charge is 0.407 e. The Labute approximate surface area is 194 Å². The van der Waals surface area contributed by atoms with Crippen molar-refractivity contribution in [2.24, 2.45) is 17.8 Å². The number of ketones is 1. The van der Waals surface area contributed by atoms with E-state index < -0.39 is 0 Å². The van der Waals surface area contributed by atoms with Crippen LogP contribution in [0.15, 0.2) is 6.08 Å². The number of carbonyl (C=O) groups excluding carboxylic acids is 1. The Morgan fingerprint density at radius 1 is 1.26 bits per heavy atom. The van der Waals surface area contributed by atoms with Gasteiger partial charge in [0.25, 0.3) is 0 Å². The molecule has 0 aromatic rings. The van der Waals surface area contributed by atoms with Crippen LogP contribution in [0.4, 0.5) is 0 Å². The van der Waals surface area contributed by atoms with Crippen LogP contribution < -0.4 is 0 Å². The van der Waals surface area contributed by atoms with Crippen LogP contribution in [0.2, 0.25) is 0 Å². The molecule has 0 spiro atoms. The van der Waals surface area contributed by atoms with Gasteiger partial charge >= 0.3 is 0 Å². The second-order valence-electron chi connectivity index (χ2n) is 5.38. The first-order chi connectivity index (χ1) is 7.59. The Bertz CT molecular complexity index is 244. The van der Waals surface area contributed by atoms with Crippen molar-refractivity contribution in [1.82, 2.24) is 0 Å². The van der Waals surface area contributed by atoms with Crippen molar-refractivity contribution in [3.8, 4) is 0 Å². The topological polar surface area (TPSA) is 17.1 Å². The third-order valence-electron chi connectivity index (χ3n) is 3.47. The maximum Gasteiger partial charge on any atom is 0 e. The number of allylic oxidation sites excluding steroid dienone is 2. The fraction of sp³-hybridized carbons (Fsp3) is 0.733. The van der Waals surface area contributed by atoms with Gasteiger partial charge in [-0.05, 0) is 5.78 Å². The van der Waals surface area contributed by atoms with Gasteiger partial charge in [0, 0.05) is 98.1 Å². The van der Waals surface area contributed by atoms with Crippen molar-refractivity contribution in [3.05, 3.63) is 18.6 Å². The molecule has 1 saturated carbocycles. The molecule has 0 amide bonds. The van der Waals surface area contributed by atoms with Crippen LogP contribution in [-0.2, 0) is 103 Å². The molecule has 0 bridgehead atoms. The van der Waals surface area contributed by atoms with E-state index in [1.807, 2.05) is 0 Å². The molecule has 2 aliphatic rings. The standard InChI is InChI=1S/C10H19.C5H5O.3Y/c1-8(2)10-6-4-9(3)5-7-10;6-5-3-1-2-4-5;;;/h6,8-10H,4-5,7H2,1-3H3;4H,1,3H2;;;/q2*-1;;;. The van der Waals surface area contributed by atoms with Gasteiger partial charge < -0.3 is 11.2 Å². The summed E-state index contributed by atoms with van der Waals surface area (Å²) >= 11 is 0. The average Bonchev–Trinajstić information content (AvgIpc) is 2.71. The second-order valence-corrected chi connectivity index (χ2v) is 5.38. The zero-order valence-corrected chi connectivity index (χ0v) is 21.1. The minimum Gasteiger partial charge on any atom is -0.407 e. The number of rotatable bonds is 1. The molecule has 2 rings (SSSR count). The molecule has 0 aliphatic heterocycles. The summed E-state index contributed by atoms with van der Waals surface area (Å²) in [6.07, 6.45) is 12.6. The summed E-state index contributed by atoms with van der Waals surface area (Å²) < 4.78 is 0. The Morgan fingerprint density at radius 2 is 1.89 bits per heavy atom. The van der Waals surface area contributed by atoms with E-state index in [0.29, 0.717) is 6.42 Å². The molecule has 2 aliphatic carbocycles. The van der Waals surface area contributed by atoms with Crippen LogP contribution >= 0.6 is 0 Å². The normalized spacial score (nSPS) is 24.5. The molecule has 0 aromatic carbocycles. The van der Waals surface area contributed by atoms with Gasteiger partial charge in [-0.1, -0.05) is 51.9 Å². The van der Waals surface area contributed by atoms with Crippen molar-refractivity contribution in [2.45, 2.75) is 52.9 Å². The van der Waals surface area contributed by atoms with E-state index in [0.717, 1.165) is 24.2 Å². The summed E-state index contributed by atoms with van der Waals surface area (Å²) in [6, 6.07) is 0. The second kappa shape index (κ2) is 15.6. The van der Waals surface area contributed by atoms with Gasteiger partial charge in [-0.3, -0.25) is 6.08 Å². The first kappa shape index (κ1) is 26.6. The molecule has 2 atom stereocenters. The molecule has 0 N–H and O–H groups in total. The van der Waals surface area contributed by atoms with Crippen molar-refractivity contribution in [2.75, 3.05) is 0 Å². The van der Waals surface area contributed by atoms with E-state index in [4.69, 9.17) is 0 Å². The maximum atomic E-state index is 10.1. The molecule has 2 unspecified atom stereocenters. The zero-order valence-electron chi connectivity index (χ0n) is 12.6. The third kappa shape index (κ3) is 12.9. The van der Waals surface area contributed by atoms with Gasteiger partial charge in [-0.2, -0.15) is 18.4 Å². The van der Waals surface area contributed by atoms with Gasteiger partial charge in [-0.15, -0.1) is 6.42 Å². The Kier molecular flexibility index (Phi) is 21.9. The van der Waals surface area contributed by atoms with E-state index >= 15 is 0 Å². The van der Waals surface area contributed by atoms with Crippen LogP contribution in [-0.4, -0.2) is 5.78 Å². The van der Waals surface area contributed by atoms with E-state index in [2.05, 4.69) is 33.3 Å². The number of hydrogen-bond acceptors (Lipinski definition) is 1. The molecular formula is C15H24OY3-2. The van der Waals surface area contributed by atoms with Gasteiger partial charge in [0.2, 0.25) is 0 Å². The maximum absolute atomic E-state index is 10.1. The van der Waals surface area contributed by atoms with Crippen molar-refractivity contribution in [1.29, 1.82) is 0 Å². The van der Waals surface area contributed by atoms with Crippen LogP contribution in [0.3, 0.4) is 0 Å². The third-order valence-corrected chi connectivity index (χ3v) is 3.47. The SMILES string of the molecule is CC1C[CH-]C(C(C)C)CC1.O=C1C=[C-]CC1.[Y].[Y].[Y]. The fourth-order valence-electron chi connectivity index (χ4n) is 2.18. The Hall–Kier alpha value is 2.72. The van der Waals surface area contributed by atoms with E-state index in [1.54, 1.807) is 0 Å². The van der Waals surface area contributed by atoms with Gasteiger partial charge in [0.05, 0.1) is 0 Å². The summed E-state index contributed by atoms with van der Waals surface area (Å²) in [7, 11) is 0. The number of hydrogen-bond donors (Lipinski definition) is 0. The molecule has 3 radical (unpaired) electrons. The summed E-state index contributed by atoms with van der Waals surface area (Å²) in [5.41, 5.74) is 0. The van der Waals surface area contributed by atoms with E-state index in [1.165, 1.54) is 25.3 Å². The summed E-state index contributed by atoms with van der Waals surface area (Å²) in [5, 5.41) is 0. The minimum atomic E-state index is 0. The molecule has 0 saturated heterocycles. The Morgan fingerprint density at radius 3 is 2.16 bits per heavy atom. The van der Waals surface area contributed by atoms with Gasteiger partial charge in [0.15, 0.2) is 0 Å². The van der Waals surface area contributed by atoms with Crippen LogP contribution in [0, 0.1) is 30.3 Å². The summed E-state index contributed by atoms with van der Waals surface area (Å²) in [6.45, 7) is 7.02. The van der Waals surface area contributed by atoms with E-state index in [9.17, 15) is 4.79 Å². The molecule has 4 heteroatoms. The molecule has 1 nitrogen and oxygen atoms in total. The van der Waals surface area contributed by atoms with Crippen molar-refractivity contribution < 1.29 is 103 Å². The van der Waals surface area contributed by atoms with Crippen molar-refractivity contribution in [3.63, 3.8) is 0 Å². The predicted octanol–water partition coefficient (Wildman–Crippen LogP) is 3.98. The van der Waals surface area contributed by atoms with E-state index in [-0.39, 0.29) is 104 Å². The smallest absolute Gasteiger partial charge is 0 e. The average molecular weight is 487 g/mol. The zero-order chi connectivity index (χ0) is 12.0. The van der Waals surface area contributed by atoms with Gasteiger partial charge in [0.1, 0.15) is 0 Å². The predicted molar refractivity (Wildman–Crippen MR) is 67.7 cm³/mol. The molecule has 0 heterocycles. The summed E-state index contributed by atoms with van der Waals surface area (Å²) in [5.74, 6) is 2.95. The first-order valence-electron chi connectivity index (χ1n) is 6.52. The molecular weight excluding hydrogens is 463 g/mol.